The molecule has 0 saturated carbocycles. The molecule has 2 atom stereocenters. The van der Waals surface area contributed by atoms with Crippen molar-refractivity contribution in [2.45, 2.75) is 57.6 Å². The highest BCUT2D eigenvalue weighted by Gasteiger charge is 2.33. The van der Waals surface area contributed by atoms with E-state index in [1.165, 1.54) is 24.1 Å². The van der Waals surface area contributed by atoms with Crippen LogP contribution < -0.4 is 14.4 Å². The fraction of sp³-hybridized carbons (Fsp3) is 0.333. The van der Waals surface area contributed by atoms with Gasteiger partial charge in [0.1, 0.15) is 18.3 Å². The maximum absolute atomic E-state index is 14.0. The first kappa shape index (κ1) is 31.0. The molecule has 0 bridgehead atoms. The average molecular weight is 586 g/mol. The summed E-state index contributed by atoms with van der Waals surface area (Å²) in [6.45, 7) is 6.80. The zero-order chi connectivity index (χ0) is 29.4. The van der Waals surface area contributed by atoms with Crippen molar-refractivity contribution in [3.05, 3.63) is 88.9 Å². The second kappa shape index (κ2) is 13.7. The van der Waals surface area contributed by atoms with E-state index in [1.807, 2.05) is 20.8 Å². The molecule has 0 radical (unpaired) electrons. The first-order chi connectivity index (χ1) is 19.0. The summed E-state index contributed by atoms with van der Waals surface area (Å²) in [7, 11) is -2.64. The molecule has 40 heavy (non-hydrogen) atoms. The van der Waals surface area contributed by atoms with E-state index in [0.717, 1.165) is 16.3 Å². The summed E-state index contributed by atoms with van der Waals surface area (Å²) < 4.78 is 34.0. The van der Waals surface area contributed by atoms with E-state index in [1.54, 1.807) is 67.6 Å². The van der Waals surface area contributed by atoms with Crippen LogP contribution in [0.2, 0.25) is 5.02 Å². The number of amides is 2. The minimum absolute atomic E-state index is 0.0225. The third kappa shape index (κ3) is 7.55. The SMILES string of the molecule is CC[C@H](C)NC(=O)[C@@H](C)N(Cc1ccccc1Cl)C(=O)CN(c1ccc(OC)cc1)S(=O)(=O)c1ccc(C)cc1. The van der Waals surface area contributed by atoms with Crippen LogP contribution in [0, 0.1) is 6.92 Å². The van der Waals surface area contributed by atoms with Gasteiger partial charge in [0.15, 0.2) is 0 Å². The Morgan fingerprint density at radius 1 is 0.975 bits per heavy atom. The van der Waals surface area contributed by atoms with Gasteiger partial charge in [-0.15, -0.1) is 0 Å². The number of nitrogens with zero attached hydrogens (tertiary/aromatic N) is 2. The highest BCUT2D eigenvalue weighted by atomic mass is 35.5. The molecule has 3 aromatic carbocycles. The molecule has 214 valence electrons. The number of rotatable bonds is 12. The Labute approximate surface area is 241 Å². The topological polar surface area (TPSA) is 96.0 Å². The second-order valence-electron chi connectivity index (χ2n) is 9.63. The van der Waals surface area contributed by atoms with Gasteiger partial charge in [-0.2, -0.15) is 0 Å². The van der Waals surface area contributed by atoms with Crippen LogP contribution in [-0.4, -0.2) is 50.9 Å². The van der Waals surface area contributed by atoms with Gasteiger partial charge in [0.05, 0.1) is 17.7 Å². The summed E-state index contributed by atoms with van der Waals surface area (Å²) in [5.74, 6) is -0.358. The van der Waals surface area contributed by atoms with Crippen molar-refractivity contribution >= 4 is 39.1 Å². The molecule has 0 fully saturated rings. The van der Waals surface area contributed by atoms with E-state index in [9.17, 15) is 18.0 Å². The molecule has 0 unspecified atom stereocenters. The molecule has 0 aromatic heterocycles. The number of nitrogens with one attached hydrogen (secondary N) is 1. The van der Waals surface area contributed by atoms with Gasteiger partial charge < -0.3 is 15.0 Å². The summed E-state index contributed by atoms with van der Waals surface area (Å²) in [4.78, 5) is 28.5. The second-order valence-corrected chi connectivity index (χ2v) is 11.9. The van der Waals surface area contributed by atoms with Crippen molar-refractivity contribution in [2.24, 2.45) is 0 Å². The smallest absolute Gasteiger partial charge is 0.264 e. The molecule has 0 aliphatic carbocycles. The highest BCUT2D eigenvalue weighted by molar-refractivity contribution is 7.92. The Kier molecular flexibility index (Phi) is 10.6. The van der Waals surface area contributed by atoms with Gasteiger partial charge in [0.2, 0.25) is 11.8 Å². The number of carbonyl (C=O) groups is 2. The van der Waals surface area contributed by atoms with Crippen LogP contribution in [0.5, 0.6) is 5.75 Å². The fourth-order valence-electron chi connectivity index (χ4n) is 3.97. The molecule has 0 aliphatic heterocycles. The van der Waals surface area contributed by atoms with Crippen molar-refractivity contribution in [3.8, 4) is 5.75 Å². The Hall–Kier alpha value is -3.56. The molecular weight excluding hydrogens is 550 g/mol. The van der Waals surface area contributed by atoms with Gasteiger partial charge >= 0.3 is 0 Å². The predicted molar refractivity (Wildman–Crippen MR) is 158 cm³/mol. The number of aryl methyl sites for hydroxylation is 1. The Balaban J connectivity index is 2.04. The van der Waals surface area contributed by atoms with Crippen LogP contribution >= 0.6 is 11.6 Å². The number of sulfonamides is 1. The molecule has 8 nitrogen and oxygen atoms in total. The Morgan fingerprint density at radius 2 is 1.60 bits per heavy atom. The Morgan fingerprint density at radius 3 is 2.17 bits per heavy atom. The summed E-state index contributed by atoms with van der Waals surface area (Å²) in [5, 5.41) is 3.35. The van der Waals surface area contributed by atoms with Gasteiger partial charge in [-0.1, -0.05) is 54.4 Å². The Bertz CT molecular complexity index is 1410. The lowest BCUT2D eigenvalue weighted by molar-refractivity contribution is -0.139. The van der Waals surface area contributed by atoms with Crippen LogP contribution in [0.15, 0.2) is 77.7 Å². The molecular formula is C30H36ClN3O5S. The minimum atomic E-state index is -4.15. The van der Waals surface area contributed by atoms with Gasteiger partial charge in [0.25, 0.3) is 10.0 Å². The van der Waals surface area contributed by atoms with Crippen LogP contribution in [0.4, 0.5) is 5.69 Å². The van der Waals surface area contributed by atoms with E-state index in [2.05, 4.69) is 5.32 Å². The summed E-state index contributed by atoms with van der Waals surface area (Å²) in [6.07, 6.45) is 0.719. The lowest BCUT2D eigenvalue weighted by Gasteiger charge is -2.32. The summed E-state index contributed by atoms with van der Waals surface area (Å²) >= 11 is 6.40. The largest absolute Gasteiger partial charge is 0.497 e. The molecule has 1 N–H and O–H groups in total. The molecule has 2 amide bonds. The molecule has 3 rings (SSSR count). The van der Waals surface area contributed by atoms with E-state index in [4.69, 9.17) is 16.3 Å². The molecule has 10 heteroatoms. The number of anilines is 1. The summed E-state index contributed by atoms with van der Waals surface area (Å²) in [5.41, 5.74) is 1.82. The van der Waals surface area contributed by atoms with Crippen molar-refractivity contribution < 1.29 is 22.7 Å². The molecule has 3 aromatic rings. The van der Waals surface area contributed by atoms with E-state index < -0.39 is 28.5 Å². The van der Waals surface area contributed by atoms with Crippen molar-refractivity contribution in [3.63, 3.8) is 0 Å². The number of halogens is 1. The third-order valence-electron chi connectivity index (χ3n) is 6.72. The zero-order valence-electron chi connectivity index (χ0n) is 23.4. The van der Waals surface area contributed by atoms with Crippen LogP contribution in [0.3, 0.4) is 0 Å². The maximum atomic E-state index is 14.0. The monoisotopic (exact) mass is 585 g/mol. The lowest BCUT2D eigenvalue weighted by Crippen LogP contribution is -2.52. The van der Waals surface area contributed by atoms with Crippen molar-refractivity contribution in [1.29, 1.82) is 0 Å². The van der Waals surface area contributed by atoms with E-state index in [-0.39, 0.29) is 29.1 Å². The third-order valence-corrected chi connectivity index (χ3v) is 8.87. The van der Waals surface area contributed by atoms with Crippen LogP contribution in [0.25, 0.3) is 0 Å². The standard InChI is InChI=1S/C30H36ClN3O5S/c1-6-22(3)32-30(36)23(4)33(19-24-9-7-8-10-28(24)31)29(35)20-34(25-13-15-26(39-5)16-14-25)40(37,38)27-17-11-21(2)12-18-27/h7-18,22-23H,6,19-20H2,1-5H3,(H,32,36)/t22-,23+/m0/s1. The van der Waals surface area contributed by atoms with Gasteiger partial charge in [-0.25, -0.2) is 8.42 Å². The highest BCUT2D eigenvalue weighted by Crippen LogP contribution is 2.27. The molecule has 0 heterocycles. The quantitative estimate of drug-likeness (QED) is 0.316. The van der Waals surface area contributed by atoms with Crippen LogP contribution in [-0.2, 0) is 26.2 Å². The number of carbonyl (C=O) groups excluding carboxylic acids is 2. The van der Waals surface area contributed by atoms with Gasteiger partial charge in [-0.05, 0) is 75.2 Å². The van der Waals surface area contributed by atoms with Crippen molar-refractivity contribution in [1.82, 2.24) is 10.2 Å². The number of methoxy groups -OCH3 is 1. The number of benzene rings is 3. The maximum Gasteiger partial charge on any atom is 0.264 e. The van der Waals surface area contributed by atoms with E-state index >= 15 is 0 Å². The van der Waals surface area contributed by atoms with E-state index in [0.29, 0.717) is 16.3 Å². The minimum Gasteiger partial charge on any atom is -0.497 e. The number of ether oxygens (including phenoxy) is 1. The normalized spacial score (nSPS) is 12.8. The average Bonchev–Trinajstić information content (AvgIpc) is 2.95. The number of hydrogen-bond acceptors (Lipinski definition) is 5. The lowest BCUT2D eigenvalue weighted by atomic mass is 10.1. The summed E-state index contributed by atoms with van der Waals surface area (Å²) in [6, 6.07) is 18.9. The number of hydrogen-bond donors (Lipinski definition) is 1. The predicted octanol–water partition coefficient (Wildman–Crippen LogP) is 5.18. The van der Waals surface area contributed by atoms with Gasteiger partial charge in [0, 0.05) is 17.6 Å². The zero-order valence-corrected chi connectivity index (χ0v) is 25.0. The molecule has 0 spiro atoms. The fourth-order valence-corrected chi connectivity index (χ4v) is 5.58. The van der Waals surface area contributed by atoms with Gasteiger partial charge in [-0.3, -0.25) is 13.9 Å². The van der Waals surface area contributed by atoms with Crippen molar-refractivity contribution in [2.75, 3.05) is 18.0 Å². The molecule has 0 saturated heterocycles. The van der Waals surface area contributed by atoms with Crippen LogP contribution in [0.1, 0.15) is 38.3 Å². The first-order valence-corrected chi connectivity index (χ1v) is 14.9. The molecule has 0 aliphatic rings. The first-order valence-electron chi connectivity index (χ1n) is 13.0.